The largest absolute Gasteiger partial charge is 0.472 e. The molecule has 1 atom stereocenters. The number of hydrogen-bond donors (Lipinski definition) is 0. The van der Waals surface area contributed by atoms with Crippen LogP contribution in [0, 0.1) is 6.92 Å². The number of thioether (sulfide) groups is 1. The molecule has 1 aliphatic rings. The molecule has 1 heterocycles. The Labute approximate surface area is 113 Å². The number of ether oxygens (including phenoxy) is 2. The summed E-state index contributed by atoms with van der Waals surface area (Å²) in [7, 11) is 0. The van der Waals surface area contributed by atoms with Gasteiger partial charge in [-0.3, -0.25) is 0 Å². The molecule has 0 aromatic heterocycles. The van der Waals surface area contributed by atoms with E-state index in [1.807, 2.05) is 26.0 Å². The van der Waals surface area contributed by atoms with Crippen molar-refractivity contribution >= 4 is 22.7 Å². The van der Waals surface area contributed by atoms with Crippen molar-refractivity contribution in [2.75, 3.05) is 13.2 Å². The number of aryl methyl sites for hydroxylation is 1. The lowest BCUT2D eigenvalue weighted by Crippen LogP contribution is -2.16. The van der Waals surface area contributed by atoms with Gasteiger partial charge in [-0.1, -0.05) is 29.5 Å². The summed E-state index contributed by atoms with van der Waals surface area (Å²) in [6.07, 6.45) is 0.267. The van der Waals surface area contributed by atoms with E-state index in [1.54, 1.807) is 11.8 Å². The third kappa shape index (κ3) is 4.03. The third-order valence-electron chi connectivity index (χ3n) is 2.53. The lowest BCUT2D eigenvalue weighted by molar-refractivity contribution is 0.0743. The molecule has 2 rings (SSSR count). The van der Waals surface area contributed by atoms with E-state index in [2.05, 4.69) is 24.0 Å². The molecular formula is C14H19NO2S. The zero-order chi connectivity index (χ0) is 13.0. The molecule has 0 N–H and O–H groups in total. The zero-order valence-electron chi connectivity index (χ0n) is 11.1. The van der Waals surface area contributed by atoms with E-state index >= 15 is 0 Å². The van der Waals surface area contributed by atoms with Crippen LogP contribution in [0.2, 0.25) is 0 Å². The molecule has 1 fully saturated rings. The smallest absolute Gasteiger partial charge is 0.251 e. The molecule has 98 valence electrons. The average molecular weight is 265 g/mol. The molecule has 0 bridgehead atoms. The van der Waals surface area contributed by atoms with E-state index in [0.29, 0.717) is 11.9 Å². The van der Waals surface area contributed by atoms with E-state index in [0.717, 1.165) is 17.5 Å². The fraction of sp³-hybridized carbons (Fsp3) is 0.500. The summed E-state index contributed by atoms with van der Waals surface area (Å²) < 4.78 is 11.1. The second-order valence-corrected chi connectivity index (χ2v) is 5.90. The van der Waals surface area contributed by atoms with Gasteiger partial charge in [0.1, 0.15) is 6.61 Å². The van der Waals surface area contributed by atoms with Gasteiger partial charge in [0.2, 0.25) is 0 Å². The minimum atomic E-state index is 0.267. The highest BCUT2D eigenvalue weighted by atomic mass is 32.2. The molecule has 1 aromatic rings. The molecule has 0 radical (unpaired) electrons. The number of aliphatic imine (C=N–C) groups is 1. The van der Waals surface area contributed by atoms with Crippen molar-refractivity contribution in [3.63, 3.8) is 0 Å². The summed E-state index contributed by atoms with van der Waals surface area (Å²) in [5, 5.41) is 1.10. The normalized spacial score (nSPS) is 21.6. The topological polar surface area (TPSA) is 30.8 Å². The van der Waals surface area contributed by atoms with Crippen LogP contribution in [-0.4, -0.2) is 29.8 Å². The molecule has 18 heavy (non-hydrogen) atoms. The summed E-state index contributed by atoms with van der Waals surface area (Å²) in [6.45, 7) is 7.55. The van der Waals surface area contributed by atoms with Gasteiger partial charge >= 0.3 is 0 Å². The minimum absolute atomic E-state index is 0.267. The summed E-state index contributed by atoms with van der Waals surface area (Å²) in [6, 6.07) is 8.12. The molecule has 1 unspecified atom stereocenters. The van der Waals surface area contributed by atoms with Crippen LogP contribution in [0.25, 0.3) is 0 Å². The van der Waals surface area contributed by atoms with Crippen molar-refractivity contribution in [3.05, 3.63) is 29.8 Å². The van der Waals surface area contributed by atoms with Gasteiger partial charge in [0.15, 0.2) is 0 Å². The van der Waals surface area contributed by atoms with E-state index in [-0.39, 0.29) is 6.10 Å². The Kier molecular flexibility index (Phi) is 4.66. The van der Waals surface area contributed by atoms with Gasteiger partial charge < -0.3 is 9.47 Å². The summed E-state index contributed by atoms with van der Waals surface area (Å²) in [4.78, 5) is 4.48. The Hall–Kier alpha value is -1.00. The van der Waals surface area contributed by atoms with Crippen molar-refractivity contribution in [2.24, 2.45) is 4.99 Å². The first-order valence-electron chi connectivity index (χ1n) is 6.20. The SMILES string of the molecule is Cc1ccc(N=C2OCC(COC(C)C)S2)cc1. The van der Waals surface area contributed by atoms with Crippen molar-refractivity contribution < 1.29 is 9.47 Å². The van der Waals surface area contributed by atoms with Crippen molar-refractivity contribution in [1.82, 2.24) is 0 Å². The van der Waals surface area contributed by atoms with Gasteiger partial charge in [-0.2, -0.15) is 0 Å². The minimum Gasteiger partial charge on any atom is -0.472 e. The zero-order valence-corrected chi connectivity index (χ0v) is 11.9. The molecule has 0 saturated carbocycles. The Morgan fingerprint density at radius 2 is 2.11 bits per heavy atom. The molecule has 1 saturated heterocycles. The second-order valence-electron chi connectivity index (χ2n) is 4.65. The van der Waals surface area contributed by atoms with E-state index in [1.165, 1.54) is 5.56 Å². The van der Waals surface area contributed by atoms with Gasteiger partial charge in [0.25, 0.3) is 5.23 Å². The molecule has 0 spiro atoms. The average Bonchev–Trinajstić information content (AvgIpc) is 2.77. The highest BCUT2D eigenvalue weighted by Crippen LogP contribution is 2.26. The van der Waals surface area contributed by atoms with Crippen molar-refractivity contribution in [3.8, 4) is 0 Å². The fourth-order valence-corrected chi connectivity index (χ4v) is 2.40. The first-order valence-corrected chi connectivity index (χ1v) is 7.08. The van der Waals surface area contributed by atoms with Crippen LogP contribution in [0.3, 0.4) is 0 Å². The Balaban J connectivity index is 1.90. The Morgan fingerprint density at radius 3 is 2.78 bits per heavy atom. The van der Waals surface area contributed by atoms with E-state index in [4.69, 9.17) is 9.47 Å². The number of hydrogen-bond acceptors (Lipinski definition) is 4. The molecule has 0 aliphatic carbocycles. The van der Waals surface area contributed by atoms with Crippen LogP contribution < -0.4 is 0 Å². The molecule has 4 heteroatoms. The first-order chi connectivity index (χ1) is 8.63. The second kappa shape index (κ2) is 6.25. The van der Waals surface area contributed by atoms with Gasteiger partial charge in [0.05, 0.1) is 23.6 Å². The highest BCUT2D eigenvalue weighted by molar-refractivity contribution is 8.14. The summed E-state index contributed by atoms with van der Waals surface area (Å²) in [5.74, 6) is 0. The maximum atomic E-state index is 5.58. The van der Waals surface area contributed by atoms with E-state index < -0.39 is 0 Å². The van der Waals surface area contributed by atoms with Crippen LogP contribution in [0.4, 0.5) is 5.69 Å². The molecule has 3 nitrogen and oxygen atoms in total. The number of rotatable bonds is 4. The Morgan fingerprint density at radius 1 is 1.39 bits per heavy atom. The summed E-state index contributed by atoms with van der Waals surface area (Å²) >= 11 is 1.65. The van der Waals surface area contributed by atoms with Crippen molar-refractivity contribution in [2.45, 2.75) is 32.1 Å². The lowest BCUT2D eigenvalue weighted by atomic mass is 10.2. The van der Waals surface area contributed by atoms with Crippen LogP contribution in [0.15, 0.2) is 29.3 Å². The van der Waals surface area contributed by atoms with Crippen LogP contribution in [0.5, 0.6) is 0 Å². The number of nitrogens with zero attached hydrogens (tertiary/aromatic N) is 1. The van der Waals surface area contributed by atoms with E-state index in [9.17, 15) is 0 Å². The monoisotopic (exact) mass is 265 g/mol. The molecule has 1 aliphatic heterocycles. The highest BCUT2D eigenvalue weighted by Gasteiger charge is 2.23. The van der Waals surface area contributed by atoms with Gasteiger partial charge in [-0.05, 0) is 32.9 Å². The standard InChI is InChI=1S/C14H19NO2S/c1-10(2)16-8-13-9-17-14(18-13)15-12-6-4-11(3)5-7-12/h4-7,10,13H,8-9H2,1-3H3. The molecule has 1 aromatic carbocycles. The predicted molar refractivity (Wildman–Crippen MR) is 76.7 cm³/mol. The third-order valence-corrected chi connectivity index (χ3v) is 3.55. The number of benzene rings is 1. The maximum absolute atomic E-state index is 5.58. The van der Waals surface area contributed by atoms with Crippen molar-refractivity contribution in [1.29, 1.82) is 0 Å². The lowest BCUT2D eigenvalue weighted by Gasteiger charge is -2.09. The Bertz CT molecular complexity index is 414. The van der Waals surface area contributed by atoms with Crippen LogP contribution in [-0.2, 0) is 9.47 Å². The molecular weight excluding hydrogens is 246 g/mol. The molecule has 0 amide bonds. The fourth-order valence-electron chi connectivity index (χ4n) is 1.54. The van der Waals surface area contributed by atoms with Gasteiger partial charge in [-0.25, -0.2) is 4.99 Å². The van der Waals surface area contributed by atoms with Crippen LogP contribution >= 0.6 is 11.8 Å². The van der Waals surface area contributed by atoms with Crippen LogP contribution in [0.1, 0.15) is 19.4 Å². The first kappa shape index (κ1) is 13.4. The van der Waals surface area contributed by atoms with Gasteiger partial charge in [0, 0.05) is 0 Å². The maximum Gasteiger partial charge on any atom is 0.251 e. The quantitative estimate of drug-likeness (QED) is 0.834. The predicted octanol–water partition coefficient (Wildman–Crippen LogP) is 3.54. The summed E-state index contributed by atoms with van der Waals surface area (Å²) in [5.41, 5.74) is 2.18. The van der Waals surface area contributed by atoms with Gasteiger partial charge in [-0.15, -0.1) is 0 Å².